The molecule has 0 atom stereocenters. The molecule has 4 heteroatoms. The van der Waals surface area contributed by atoms with E-state index >= 15 is 0 Å². The Morgan fingerprint density at radius 3 is 2.71 bits per heavy atom. The van der Waals surface area contributed by atoms with Gasteiger partial charge < -0.3 is 10.2 Å². The molecule has 0 aliphatic carbocycles. The Balaban J connectivity index is 3.13. The zero-order valence-corrected chi connectivity index (χ0v) is 8.04. The summed E-state index contributed by atoms with van der Waals surface area (Å²) in [6, 6.07) is 4.33. The van der Waals surface area contributed by atoms with Crippen LogP contribution in [0.3, 0.4) is 0 Å². The van der Waals surface area contributed by atoms with Crippen molar-refractivity contribution < 1.29 is 15.0 Å². The van der Waals surface area contributed by atoms with Gasteiger partial charge in [-0.05, 0) is 11.6 Å². The van der Waals surface area contributed by atoms with Gasteiger partial charge in [0.2, 0.25) is 0 Å². The highest BCUT2D eigenvalue weighted by atomic mass is 35.5. The molecule has 0 unspecified atom stereocenters. The first-order valence-corrected chi connectivity index (χ1v) is 4.25. The largest absolute Gasteiger partial charge is 0.872 e. The third-order valence-corrected chi connectivity index (χ3v) is 1.84. The molecular formula is C10H8ClO3-. The quantitative estimate of drug-likeness (QED) is 0.829. The van der Waals surface area contributed by atoms with Crippen molar-refractivity contribution in [3.8, 4) is 5.75 Å². The van der Waals surface area contributed by atoms with E-state index < -0.39 is 11.7 Å². The molecule has 0 spiro atoms. The normalized spacial score (nSPS) is 9.79. The summed E-state index contributed by atoms with van der Waals surface area (Å²) in [4.78, 5) is 10.6. The van der Waals surface area contributed by atoms with E-state index in [1.807, 2.05) is 0 Å². The number of aromatic carboxylic acids is 1. The van der Waals surface area contributed by atoms with Gasteiger partial charge in [-0.15, -0.1) is 0 Å². The average Bonchev–Trinajstić information content (AvgIpc) is 2.07. The van der Waals surface area contributed by atoms with Crippen LogP contribution in [0.2, 0.25) is 0 Å². The molecule has 1 N–H and O–H groups in total. The van der Waals surface area contributed by atoms with Crippen molar-refractivity contribution in [2.75, 3.05) is 0 Å². The summed E-state index contributed by atoms with van der Waals surface area (Å²) in [5.41, 5.74) is 0.116. The number of hydrogen-bond donors (Lipinski definition) is 1. The third kappa shape index (κ3) is 2.26. The fourth-order valence-corrected chi connectivity index (χ4v) is 1.24. The lowest BCUT2D eigenvalue weighted by molar-refractivity contribution is -0.269. The van der Waals surface area contributed by atoms with Crippen molar-refractivity contribution >= 4 is 17.6 Å². The Hall–Kier alpha value is -1.48. The average molecular weight is 212 g/mol. The number of para-hydroxylation sites is 1. The predicted molar refractivity (Wildman–Crippen MR) is 51.5 cm³/mol. The second kappa shape index (κ2) is 4.15. The second-order valence-electron chi connectivity index (χ2n) is 2.79. The number of allylic oxidation sites excluding steroid dienone is 1. The van der Waals surface area contributed by atoms with Gasteiger partial charge in [0.25, 0.3) is 0 Å². The van der Waals surface area contributed by atoms with Crippen molar-refractivity contribution in [1.29, 1.82) is 0 Å². The molecule has 0 aliphatic rings. The molecule has 0 saturated heterocycles. The Kier molecular flexibility index (Phi) is 3.14. The van der Waals surface area contributed by atoms with E-state index in [2.05, 4.69) is 6.58 Å². The lowest BCUT2D eigenvalue weighted by atomic mass is 10.1. The molecule has 0 bridgehead atoms. The van der Waals surface area contributed by atoms with Crippen LogP contribution in [0.4, 0.5) is 0 Å². The number of hydrogen-bond acceptors (Lipinski definition) is 2. The van der Waals surface area contributed by atoms with Gasteiger partial charge >= 0.3 is 5.97 Å². The number of carbonyl (C=O) groups is 1. The summed E-state index contributed by atoms with van der Waals surface area (Å²) in [6.45, 7) is 3.45. The number of benzene rings is 1. The van der Waals surface area contributed by atoms with Gasteiger partial charge in [-0.1, -0.05) is 36.1 Å². The van der Waals surface area contributed by atoms with Gasteiger partial charge in [0.15, 0.2) is 0 Å². The molecule has 0 amide bonds. The van der Waals surface area contributed by atoms with E-state index in [4.69, 9.17) is 16.7 Å². The van der Waals surface area contributed by atoms with Gasteiger partial charge in [-0.2, -0.15) is 0 Å². The Bertz CT molecular complexity index is 385. The SMILES string of the molecule is C=C(Cl)Cc1cccc(C(=O)O)c1[O-]. The third-order valence-electron chi connectivity index (χ3n) is 1.71. The van der Waals surface area contributed by atoms with E-state index in [1.165, 1.54) is 12.1 Å². The fraction of sp³-hybridized carbons (Fsp3) is 0.100. The molecule has 0 heterocycles. The molecule has 0 saturated carbocycles. The zero-order valence-electron chi connectivity index (χ0n) is 7.29. The summed E-state index contributed by atoms with van der Waals surface area (Å²) in [5.74, 6) is -1.72. The summed E-state index contributed by atoms with van der Waals surface area (Å²) in [5, 5.41) is 20.4. The first-order valence-electron chi connectivity index (χ1n) is 3.88. The summed E-state index contributed by atoms with van der Waals surface area (Å²) in [6.07, 6.45) is 0.196. The zero-order chi connectivity index (χ0) is 10.7. The van der Waals surface area contributed by atoms with Crippen molar-refractivity contribution in [3.05, 3.63) is 40.9 Å². The van der Waals surface area contributed by atoms with Crippen molar-refractivity contribution in [3.63, 3.8) is 0 Å². The van der Waals surface area contributed by atoms with Crippen LogP contribution in [0.1, 0.15) is 15.9 Å². The molecule has 0 fully saturated rings. The monoisotopic (exact) mass is 211 g/mol. The minimum Gasteiger partial charge on any atom is -0.872 e. The van der Waals surface area contributed by atoms with Crippen LogP contribution in [-0.2, 0) is 6.42 Å². The van der Waals surface area contributed by atoms with E-state index in [9.17, 15) is 9.90 Å². The molecule has 0 aromatic heterocycles. The minimum atomic E-state index is -1.22. The van der Waals surface area contributed by atoms with Crippen LogP contribution < -0.4 is 5.11 Å². The highest BCUT2D eigenvalue weighted by molar-refractivity contribution is 6.29. The number of rotatable bonds is 3. The van der Waals surface area contributed by atoms with Gasteiger partial charge in [0.05, 0.1) is 5.56 Å². The molecule has 1 aromatic rings. The van der Waals surface area contributed by atoms with Crippen molar-refractivity contribution in [2.24, 2.45) is 0 Å². The van der Waals surface area contributed by atoms with Crippen LogP contribution in [0.15, 0.2) is 29.8 Å². The lowest BCUT2D eigenvalue weighted by Gasteiger charge is -2.15. The highest BCUT2D eigenvalue weighted by Gasteiger charge is 2.06. The van der Waals surface area contributed by atoms with E-state index in [1.54, 1.807) is 6.07 Å². The Morgan fingerprint density at radius 2 is 2.21 bits per heavy atom. The Morgan fingerprint density at radius 1 is 1.57 bits per heavy atom. The van der Waals surface area contributed by atoms with Crippen LogP contribution in [-0.4, -0.2) is 11.1 Å². The van der Waals surface area contributed by atoms with Crippen LogP contribution in [0.25, 0.3) is 0 Å². The maximum atomic E-state index is 11.5. The first-order chi connectivity index (χ1) is 6.52. The molecular weight excluding hydrogens is 204 g/mol. The maximum absolute atomic E-state index is 11.5. The van der Waals surface area contributed by atoms with Gasteiger partial charge in [0, 0.05) is 11.5 Å². The molecule has 0 aliphatic heterocycles. The van der Waals surface area contributed by atoms with Gasteiger partial charge in [-0.25, -0.2) is 4.79 Å². The minimum absolute atomic E-state index is 0.196. The molecule has 0 radical (unpaired) electrons. The smallest absolute Gasteiger partial charge is 0.335 e. The lowest BCUT2D eigenvalue weighted by Crippen LogP contribution is -2.06. The summed E-state index contributed by atoms with van der Waals surface area (Å²) in [7, 11) is 0. The predicted octanol–water partition coefficient (Wildman–Crippen LogP) is 1.75. The number of carboxylic acids is 1. The Labute approximate surface area is 86.3 Å². The van der Waals surface area contributed by atoms with E-state index in [0.717, 1.165) is 0 Å². The highest BCUT2D eigenvalue weighted by Crippen LogP contribution is 2.22. The second-order valence-corrected chi connectivity index (χ2v) is 3.33. The van der Waals surface area contributed by atoms with Crippen LogP contribution in [0, 0.1) is 0 Å². The fourth-order valence-electron chi connectivity index (χ4n) is 1.10. The van der Waals surface area contributed by atoms with E-state index in [-0.39, 0.29) is 12.0 Å². The van der Waals surface area contributed by atoms with Crippen LogP contribution in [0.5, 0.6) is 5.75 Å². The molecule has 3 nitrogen and oxygen atoms in total. The topological polar surface area (TPSA) is 60.4 Å². The van der Waals surface area contributed by atoms with Crippen molar-refractivity contribution in [1.82, 2.24) is 0 Å². The molecule has 1 rings (SSSR count). The number of carboxylic acid groups (broad SMARTS) is 1. The van der Waals surface area contributed by atoms with Gasteiger partial charge in [0.1, 0.15) is 0 Å². The standard InChI is InChI=1S/C10H9ClO3/c1-6(11)5-7-3-2-4-8(9(7)12)10(13)14/h2-4,12H,1,5H2,(H,13,14)/p-1. The summed E-state index contributed by atoms with van der Waals surface area (Å²) >= 11 is 5.54. The van der Waals surface area contributed by atoms with E-state index in [0.29, 0.717) is 10.6 Å². The molecule has 1 aromatic carbocycles. The van der Waals surface area contributed by atoms with Gasteiger partial charge in [-0.3, -0.25) is 0 Å². The van der Waals surface area contributed by atoms with Crippen molar-refractivity contribution in [2.45, 2.75) is 6.42 Å². The summed E-state index contributed by atoms with van der Waals surface area (Å²) < 4.78 is 0. The first kappa shape index (κ1) is 10.6. The van der Waals surface area contributed by atoms with Crippen LogP contribution >= 0.6 is 11.6 Å². The maximum Gasteiger partial charge on any atom is 0.335 e. The molecule has 74 valence electrons. The molecule has 14 heavy (non-hydrogen) atoms. The number of halogens is 1.